The van der Waals surface area contributed by atoms with Gasteiger partial charge in [0, 0.05) is 22.1 Å². The number of phenols is 1. The highest BCUT2D eigenvalue weighted by atomic mass is 79.9. The molecule has 2 nitrogen and oxygen atoms in total. The van der Waals surface area contributed by atoms with Gasteiger partial charge < -0.3 is 10.4 Å². The quantitative estimate of drug-likeness (QED) is 0.818. The van der Waals surface area contributed by atoms with Gasteiger partial charge in [0.15, 0.2) is 0 Å². The van der Waals surface area contributed by atoms with Crippen LogP contribution >= 0.6 is 15.9 Å². The first-order valence-electron chi connectivity index (χ1n) is 7.25. The summed E-state index contributed by atoms with van der Waals surface area (Å²) in [5.74, 6) is 0.358. The Labute approximate surface area is 135 Å². The largest absolute Gasteiger partial charge is 0.508 e. The molecule has 0 aromatic heterocycles. The lowest BCUT2D eigenvalue weighted by Crippen LogP contribution is -2.30. The molecule has 0 aliphatic rings. The molecule has 0 heterocycles. The lowest BCUT2D eigenvalue weighted by molar-refractivity contribution is 0.433. The second kappa shape index (κ2) is 7.10. The Hall–Kier alpha value is -1.32. The third kappa shape index (κ3) is 4.58. The third-order valence-corrected chi connectivity index (χ3v) is 4.17. The minimum Gasteiger partial charge on any atom is -0.508 e. The number of aromatic hydroxyl groups is 1. The molecule has 0 saturated carbocycles. The van der Waals surface area contributed by atoms with Crippen LogP contribution in [0.1, 0.15) is 36.6 Å². The van der Waals surface area contributed by atoms with Crippen molar-refractivity contribution < 1.29 is 5.11 Å². The molecule has 2 aromatic carbocycles. The molecule has 3 heteroatoms. The van der Waals surface area contributed by atoms with Crippen molar-refractivity contribution in [2.75, 3.05) is 0 Å². The number of phenolic OH excluding ortho intramolecular Hbond substituents is 1. The van der Waals surface area contributed by atoms with Gasteiger partial charge in [-0.25, -0.2) is 0 Å². The van der Waals surface area contributed by atoms with Gasteiger partial charge in [-0.15, -0.1) is 0 Å². The Morgan fingerprint density at radius 1 is 1.10 bits per heavy atom. The average molecular weight is 348 g/mol. The van der Waals surface area contributed by atoms with E-state index >= 15 is 0 Å². The minimum atomic E-state index is 0.121. The molecule has 0 aliphatic carbocycles. The van der Waals surface area contributed by atoms with E-state index in [1.165, 1.54) is 5.56 Å². The first-order chi connectivity index (χ1) is 9.95. The fourth-order valence-electron chi connectivity index (χ4n) is 2.57. The zero-order valence-corrected chi connectivity index (χ0v) is 14.3. The molecule has 0 bridgehead atoms. The van der Waals surface area contributed by atoms with Gasteiger partial charge in [0.05, 0.1) is 0 Å². The van der Waals surface area contributed by atoms with Crippen molar-refractivity contribution in [3.8, 4) is 5.75 Å². The van der Waals surface area contributed by atoms with Crippen LogP contribution in [0.5, 0.6) is 5.75 Å². The average Bonchev–Trinajstić information content (AvgIpc) is 2.44. The first kappa shape index (κ1) is 16.1. The highest BCUT2D eigenvalue weighted by Gasteiger charge is 2.13. The molecule has 0 radical (unpaired) electrons. The predicted octanol–water partition coefficient (Wildman–Crippen LogP) is 4.74. The molecule has 0 spiro atoms. The van der Waals surface area contributed by atoms with Crippen LogP contribution in [0.25, 0.3) is 0 Å². The first-order valence-corrected chi connectivity index (χ1v) is 8.05. The van der Waals surface area contributed by atoms with Gasteiger partial charge >= 0.3 is 0 Å². The molecule has 2 atom stereocenters. The Morgan fingerprint density at radius 3 is 2.43 bits per heavy atom. The Bertz CT molecular complexity index is 595. The summed E-state index contributed by atoms with van der Waals surface area (Å²) in [5, 5.41) is 13.5. The Morgan fingerprint density at radius 2 is 1.76 bits per heavy atom. The van der Waals surface area contributed by atoms with E-state index in [-0.39, 0.29) is 6.04 Å². The van der Waals surface area contributed by atoms with Gasteiger partial charge in [-0.3, -0.25) is 0 Å². The zero-order chi connectivity index (χ0) is 15.4. The van der Waals surface area contributed by atoms with E-state index in [0.717, 1.165) is 22.0 Å². The Kier molecular flexibility index (Phi) is 5.43. The maximum atomic E-state index is 9.99. The van der Waals surface area contributed by atoms with Crippen LogP contribution in [0.15, 0.2) is 46.9 Å². The maximum Gasteiger partial charge on any atom is 0.120 e. The van der Waals surface area contributed by atoms with Crippen molar-refractivity contribution in [2.45, 2.75) is 39.3 Å². The number of nitrogens with one attached hydrogen (secondary N) is 1. The van der Waals surface area contributed by atoms with E-state index in [1.54, 1.807) is 6.07 Å². The van der Waals surface area contributed by atoms with Gasteiger partial charge in [-0.1, -0.05) is 45.8 Å². The second-order valence-electron chi connectivity index (χ2n) is 5.68. The van der Waals surface area contributed by atoms with E-state index in [1.807, 2.05) is 19.1 Å². The zero-order valence-electron chi connectivity index (χ0n) is 12.7. The molecule has 2 aromatic rings. The van der Waals surface area contributed by atoms with Gasteiger partial charge in [-0.05, 0) is 51.0 Å². The summed E-state index contributed by atoms with van der Waals surface area (Å²) < 4.78 is 1.10. The minimum absolute atomic E-state index is 0.121. The van der Waals surface area contributed by atoms with E-state index in [4.69, 9.17) is 0 Å². The van der Waals surface area contributed by atoms with Crippen molar-refractivity contribution >= 4 is 15.9 Å². The fraction of sp³-hybridized carbons (Fsp3) is 0.333. The molecule has 0 amide bonds. The summed E-state index contributed by atoms with van der Waals surface area (Å²) in [6.07, 6.45) is 0.962. The highest BCUT2D eigenvalue weighted by molar-refractivity contribution is 9.10. The fourth-order valence-corrected chi connectivity index (χ4v) is 2.83. The van der Waals surface area contributed by atoms with E-state index in [9.17, 15) is 5.11 Å². The van der Waals surface area contributed by atoms with Crippen molar-refractivity contribution in [3.63, 3.8) is 0 Å². The predicted molar refractivity (Wildman–Crippen MR) is 91.7 cm³/mol. The smallest absolute Gasteiger partial charge is 0.120 e. The molecule has 0 fully saturated rings. The number of halogens is 1. The van der Waals surface area contributed by atoms with E-state index < -0.39 is 0 Å². The van der Waals surface area contributed by atoms with Crippen molar-refractivity contribution in [1.82, 2.24) is 5.32 Å². The number of benzene rings is 2. The van der Waals surface area contributed by atoms with Crippen LogP contribution in [0.4, 0.5) is 0 Å². The van der Waals surface area contributed by atoms with Gasteiger partial charge in [0.25, 0.3) is 0 Å². The van der Waals surface area contributed by atoms with Crippen molar-refractivity contribution in [1.29, 1.82) is 0 Å². The number of aryl methyl sites for hydroxylation is 1. The molecule has 0 aliphatic heterocycles. The summed E-state index contributed by atoms with van der Waals surface area (Å²) in [6.45, 7) is 6.30. The van der Waals surface area contributed by atoms with Crippen LogP contribution in [0.2, 0.25) is 0 Å². The summed E-state index contributed by atoms with van der Waals surface area (Å²) in [4.78, 5) is 0. The van der Waals surface area contributed by atoms with Crippen LogP contribution in [-0.2, 0) is 6.42 Å². The maximum absolute atomic E-state index is 9.99. The highest BCUT2D eigenvalue weighted by Crippen LogP contribution is 2.25. The van der Waals surface area contributed by atoms with Crippen LogP contribution in [-0.4, -0.2) is 11.1 Å². The molecule has 112 valence electrons. The standard InChI is InChI=1S/C18H22BrNO/c1-12-4-9-18(21)17(10-12)14(3)20-13(2)11-15-5-7-16(19)8-6-15/h4-10,13-14,20-21H,11H2,1-3H3. The van der Waals surface area contributed by atoms with Gasteiger partial charge in [-0.2, -0.15) is 0 Å². The third-order valence-electron chi connectivity index (χ3n) is 3.64. The van der Waals surface area contributed by atoms with E-state index in [0.29, 0.717) is 11.8 Å². The van der Waals surface area contributed by atoms with Crippen LogP contribution < -0.4 is 5.32 Å². The molecular formula is C18H22BrNO. The molecule has 0 saturated heterocycles. The number of hydrogen-bond acceptors (Lipinski definition) is 2. The second-order valence-corrected chi connectivity index (χ2v) is 6.60. The van der Waals surface area contributed by atoms with Gasteiger partial charge in [0.2, 0.25) is 0 Å². The summed E-state index contributed by atoms with van der Waals surface area (Å²) in [5.41, 5.74) is 3.42. The lowest BCUT2D eigenvalue weighted by Gasteiger charge is -2.21. The molecular weight excluding hydrogens is 326 g/mol. The normalized spacial score (nSPS) is 13.9. The number of hydrogen-bond donors (Lipinski definition) is 2. The van der Waals surface area contributed by atoms with Crippen LogP contribution in [0, 0.1) is 6.92 Å². The summed E-state index contributed by atoms with van der Waals surface area (Å²) in [6, 6.07) is 14.6. The molecule has 2 unspecified atom stereocenters. The monoisotopic (exact) mass is 347 g/mol. The molecule has 2 N–H and O–H groups in total. The van der Waals surface area contributed by atoms with Crippen molar-refractivity contribution in [2.24, 2.45) is 0 Å². The summed E-state index contributed by atoms with van der Waals surface area (Å²) in [7, 11) is 0. The lowest BCUT2D eigenvalue weighted by atomic mass is 10.0. The van der Waals surface area contributed by atoms with Crippen molar-refractivity contribution in [3.05, 3.63) is 63.6 Å². The Balaban J connectivity index is 2.00. The summed E-state index contributed by atoms with van der Waals surface area (Å²) >= 11 is 3.45. The number of rotatable bonds is 5. The SMILES string of the molecule is Cc1ccc(O)c(C(C)NC(C)Cc2ccc(Br)cc2)c1. The molecule has 2 rings (SSSR count). The topological polar surface area (TPSA) is 32.3 Å². The van der Waals surface area contributed by atoms with Crippen LogP contribution in [0.3, 0.4) is 0 Å². The van der Waals surface area contributed by atoms with Gasteiger partial charge in [0.1, 0.15) is 5.75 Å². The van der Waals surface area contributed by atoms with E-state index in [2.05, 4.69) is 59.4 Å². The molecule has 21 heavy (non-hydrogen) atoms.